The smallest absolute Gasteiger partial charge is 0.0562 e. The van der Waals surface area contributed by atoms with Crippen LogP contribution in [0.25, 0.3) is 49.8 Å². The van der Waals surface area contributed by atoms with E-state index in [1.165, 1.54) is 21.9 Å². The SMILES string of the molecule is C=C/C=C(\C=C)c1ccc(N(c2ccc(C(/C=C\C)=C/C)cc2)c2ccc(-n3c4ccccc4c4cc(-c5ccccc5)c(N)cc43)cc2)cc1. The Morgan fingerprint density at radius 1 is 0.627 bits per heavy atom. The number of allylic oxidation sites excluding steroid dienone is 8. The molecule has 0 amide bonds. The molecule has 51 heavy (non-hydrogen) atoms. The number of anilines is 4. The number of nitrogens with zero attached hydrogens (tertiary/aromatic N) is 2. The summed E-state index contributed by atoms with van der Waals surface area (Å²) in [6.07, 6.45) is 12.0. The fourth-order valence-corrected chi connectivity index (χ4v) is 6.93. The minimum Gasteiger partial charge on any atom is -0.398 e. The van der Waals surface area contributed by atoms with Crippen LogP contribution in [0, 0.1) is 0 Å². The zero-order valence-corrected chi connectivity index (χ0v) is 29.1. The average Bonchev–Trinajstić information content (AvgIpc) is 3.50. The number of hydrogen-bond acceptors (Lipinski definition) is 2. The van der Waals surface area contributed by atoms with Crippen LogP contribution in [0.5, 0.6) is 0 Å². The third kappa shape index (κ3) is 6.34. The summed E-state index contributed by atoms with van der Waals surface area (Å²) in [7, 11) is 0. The highest BCUT2D eigenvalue weighted by molar-refractivity contribution is 6.12. The van der Waals surface area contributed by atoms with Crippen LogP contribution in [0.2, 0.25) is 0 Å². The first-order chi connectivity index (χ1) is 25.0. The maximum absolute atomic E-state index is 6.75. The van der Waals surface area contributed by atoms with Crippen LogP contribution in [0.4, 0.5) is 22.7 Å². The lowest BCUT2D eigenvalue weighted by Gasteiger charge is -2.26. The summed E-state index contributed by atoms with van der Waals surface area (Å²) in [6.45, 7) is 12.0. The maximum atomic E-state index is 6.75. The second kappa shape index (κ2) is 14.5. The molecular formula is C48H41N3. The molecule has 7 rings (SSSR count). The van der Waals surface area contributed by atoms with E-state index in [0.29, 0.717) is 0 Å². The summed E-state index contributed by atoms with van der Waals surface area (Å²) < 4.78 is 2.32. The molecule has 0 aliphatic rings. The highest BCUT2D eigenvalue weighted by Gasteiger charge is 2.17. The summed E-state index contributed by atoms with van der Waals surface area (Å²) in [5.41, 5.74) is 20.6. The van der Waals surface area contributed by atoms with E-state index in [1.807, 2.05) is 25.1 Å². The molecule has 0 spiro atoms. The van der Waals surface area contributed by atoms with Crippen LogP contribution < -0.4 is 10.6 Å². The van der Waals surface area contributed by atoms with Crippen molar-refractivity contribution in [3.8, 4) is 16.8 Å². The lowest BCUT2D eigenvalue weighted by atomic mass is 10.0. The Morgan fingerprint density at radius 2 is 1.22 bits per heavy atom. The molecular weight excluding hydrogens is 619 g/mol. The molecule has 0 saturated carbocycles. The van der Waals surface area contributed by atoms with Gasteiger partial charge in [0.1, 0.15) is 0 Å². The summed E-state index contributed by atoms with van der Waals surface area (Å²) in [4.78, 5) is 2.29. The van der Waals surface area contributed by atoms with E-state index in [4.69, 9.17) is 5.73 Å². The predicted molar refractivity (Wildman–Crippen MR) is 222 cm³/mol. The van der Waals surface area contributed by atoms with E-state index in [1.54, 1.807) is 6.08 Å². The monoisotopic (exact) mass is 659 g/mol. The van der Waals surface area contributed by atoms with E-state index in [0.717, 1.165) is 61.7 Å². The molecule has 1 heterocycles. The molecule has 3 nitrogen and oxygen atoms in total. The fourth-order valence-electron chi connectivity index (χ4n) is 6.93. The molecule has 0 atom stereocenters. The Balaban J connectivity index is 1.34. The average molecular weight is 660 g/mol. The zero-order valence-electron chi connectivity index (χ0n) is 29.1. The first kappa shape index (κ1) is 32.9. The number of fused-ring (bicyclic) bond motifs is 3. The molecule has 0 aliphatic heterocycles. The number of hydrogen-bond donors (Lipinski definition) is 1. The van der Waals surface area contributed by atoms with Gasteiger partial charge in [-0.25, -0.2) is 0 Å². The number of nitrogens with two attached hydrogens (primary N) is 1. The molecule has 2 N–H and O–H groups in total. The molecule has 1 aromatic heterocycles. The zero-order chi connectivity index (χ0) is 35.3. The van der Waals surface area contributed by atoms with E-state index in [2.05, 4.69) is 181 Å². The lowest BCUT2D eigenvalue weighted by Crippen LogP contribution is -2.10. The van der Waals surface area contributed by atoms with Crippen molar-refractivity contribution in [1.29, 1.82) is 0 Å². The van der Waals surface area contributed by atoms with E-state index >= 15 is 0 Å². The first-order valence-corrected chi connectivity index (χ1v) is 17.3. The topological polar surface area (TPSA) is 34.2 Å². The van der Waals surface area contributed by atoms with Crippen LogP contribution in [0.3, 0.4) is 0 Å². The van der Waals surface area contributed by atoms with Crippen LogP contribution >= 0.6 is 0 Å². The first-order valence-electron chi connectivity index (χ1n) is 17.3. The number of benzene rings is 6. The van der Waals surface area contributed by atoms with Crippen molar-refractivity contribution >= 4 is 55.7 Å². The van der Waals surface area contributed by atoms with Crippen molar-refractivity contribution in [2.24, 2.45) is 0 Å². The normalized spacial score (nSPS) is 12.1. The molecule has 0 fully saturated rings. The second-order valence-corrected chi connectivity index (χ2v) is 12.4. The van der Waals surface area contributed by atoms with Gasteiger partial charge in [0, 0.05) is 44.8 Å². The Morgan fingerprint density at radius 3 is 1.80 bits per heavy atom. The van der Waals surface area contributed by atoms with Gasteiger partial charge in [-0.2, -0.15) is 0 Å². The Bertz CT molecular complexity index is 2440. The van der Waals surface area contributed by atoms with Gasteiger partial charge in [-0.1, -0.05) is 122 Å². The summed E-state index contributed by atoms with van der Waals surface area (Å²) in [5.74, 6) is 0. The van der Waals surface area contributed by atoms with Crippen LogP contribution in [0.15, 0.2) is 189 Å². The molecule has 0 radical (unpaired) electrons. The number of nitrogen functional groups attached to an aromatic ring is 1. The minimum absolute atomic E-state index is 0.755. The molecule has 0 bridgehead atoms. The molecule has 6 aromatic carbocycles. The highest BCUT2D eigenvalue weighted by atomic mass is 15.1. The van der Waals surface area contributed by atoms with Crippen molar-refractivity contribution < 1.29 is 0 Å². The van der Waals surface area contributed by atoms with Crippen LogP contribution in [-0.4, -0.2) is 4.57 Å². The van der Waals surface area contributed by atoms with Gasteiger partial charge < -0.3 is 15.2 Å². The number of rotatable bonds is 10. The summed E-state index contributed by atoms with van der Waals surface area (Å²) in [6, 6.07) is 49.4. The third-order valence-corrected chi connectivity index (χ3v) is 9.39. The highest BCUT2D eigenvalue weighted by Crippen LogP contribution is 2.40. The minimum atomic E-state index is 0.755. The summed E-state index contributed by atoms with van der Waals surface area (Å²) >= 11 is 0. The lowest BCUT2D eigenvalue weighted by molar-refractivity contribution is 1.17. The van der Waals surface area contributed by atoms with Gasteiger partial charge in [0.05, 0.1) is 11.0 Å². The van der Waals surface area contributed by atoms with Gasteiger partial charge in [0.25, 0.3) is 0 Å². The third-order valence-electron chi connectivity index (χ3n) is 9.39. The van der Waals surface area contributed by atoms with Crippen LogP contribution in [-0.2, 0) is 0 Å². The van der Waals surface area contributed by atoms with Gasteiger partial charge in [-0.15, -0.1) is 0 Å². The molecule has 248 valence electrons. The van der Waals surface area contributed by atoms with Crippen molar-refractivity contribution in [1.82, 2.24) is 4.57 Å². The standard InChI is InChI=1S/C48H41N3/c1-5-14-34(7-3)36-20-24-39(25-21-36)50(40-26-22-37(23-27-40)35(8-4)15-6-2)41-28-30-42(31-29-41)51-47-19-13-12-18-43(47)45-32-44(46(49)33-48(45)51)38-16-10-9-11-17-38/h5-33H,1,3,49H2,2,4H3/b15-6-,34-14+,35-8+. The van der Waals surface area contributed by atoms with Gasteiger partial charge in [0.15, 0.2) is 0 Å². The summed E-state index contributed by atoms with van der Waals surface area (Å²) in [5, 5.41) is 2.37. The van der Waals surface area contributed by atoms with Gasteiger partial charge in [-0.3, -0.25) is 0 Å². The van der Waals surface area contributed by atoms with Gasteiger partial charge in [-0.05, 0) is 108 Å². The predicted octanol–water partition coefficient (Wildman–Crippen LogP) is 13.2. The Hall–Kier alpha value is -6.58. The Labute approximate surface area is 300 Å². The Kier molecular flexibility index (Phi) is 9.36. The molecule has 0 unspecified atom stereocenters. The van der Waals surface area contributed by atoms with Gasteiger partial charge >= 0.3 is 0 Å². The van der Waals surface area contributed by atoms with Gasteiger partial charge in [0.2, 0.25) is 0 Å². The van der Waals surface area contributed by atoms with Crippen molar-refractivity contribution in [3.63, 3.8) is 0 Å². The van der Waals surface area contributed by atoms with Crippen molar-refractivity contribution in [2.45, 2.75) is 13.8 Å². The number of para-hydroxylation sites is 1. The maximum Gasteiger partial charge on any atom is 0.0562 e. The fraction of sp³-hybridized carbons (Fsp3) is 0.0417. The van der Waals surface area contributed by atoms with E-state index in [9.17, 15) is 0 Å². The number of aromatic nitrogens is 1. The molecule has 7 aromatic rings. The van der Waals surface area contributed by atoms with E-state index in [-0.39, 0.29) is 0 Å². The quantitative estimate of drug-likeness (QED) is 0.117. The molecule has 0 aliphatic carbocycles. The van der Waals surface area contributed by atoms with Crippen LogP contribution in [0.1, 0.15) is 25.0 Å². The molecule has 0 saturated heterocycles. The van der Waals surface area contributed by atoms with Crippen molar-refractivity contribution in [3.05, 3.63) is 200 Å². The van der Waals surface area contributed by atoms with E-state index < -0.39 is 0 Å². The van der Waals surface area contributed by atoms with Crippen molar-refractivity contribution in [2.75, 3.05) is 10.6 Å². The molecule has 3 heteroatoms. The largest absolute Gasteiger partial charge is 0.398 e. The second-order valence-electron chi connectivity index (χ2n) is 12.4.